The first-order chi connectivity index (χ1) is 22.4. The monoisotopic (exact) mass is 677 g/mol. The molecule has 0 saturated carbocycles. The largest absolute Gasteiger partial charge is 0.464 e. The lowest BCUT2D eigenvalue weighted by Crippen LogP contribution is -2.67. The average molecular weight is 678 g/mol. The summed E-state index contributed by atoms with van der Waals surface area (Å²) in [6.45, 7) is 18.2. The fourth-order valence-electron chi connectivity index (χ4n) is 8.49. The summed E-state index contributed by atoms with van der Waals surface area (Å²) < 4.78 is 10.7. The predicted octanol–water partition coefficient (Wildman–Crippen LogP) is 7.83. The van der Waals surface area contributed by atoms with Crippen molar-refractivity contribution < 1.29 is 23.2 Å². The summed E-state index contributed by atoms with van der Waals surface area (Å²) in [5.41, 5.74) is 11.5. The van der Waals surface area contributed by atoms with Crippen LogP contribution in [0.15, 0.2) is 63.8 Å². The molecule has 0 aliphatic carbocycles. The van der Waals surface area contributed by atoms with Gasteiger partial charge in [0.2, 0.25) is 0 Å². The van der Waals surface area contributed by atoms with E-state index in [0.29, 0.717) is 24.3 Å². The molecule has 6 aliphatic rings. The van der Waals surface area contributed by atoms with Crippen molar-refractivity contribution >= 4 is 46.3 Å². The number of benzene rings is 2. The van der Waals surface area contributed by atoms with Gasteiger partial charge in [0.25, 0.3) is 0 Å². The number of aryl methyl sites for hydroxylation is 2. The van der Waals surface area contributed by atoms with Gasteiger partial charge in [0, 0.05) is 39.9 Å². The number of rotatable bonds is 3. The Morgan fingerprint density at radius 3 is 1.79 bits per heavy atom. The van der Waals surface area contributed by atoms with Crippen molar-refractivity contribution in [2.75, 3.05) is 26.2 Å². The number of hydrogen-bond acceptors (Lipinski definition) is 8. The number of carbonyl (C=O) groups excluding carboxylic acids is 3. The highest BCUT2D eigenvalue weighted by atomic mass is 35.5. The average Bonchev–Trinajstić information content (AvgIpc) is 3.64. The van der Waals surface area contributed by atoms with Gasteiger partial charge in [-0.1, -0.05) is 18.2 Å². The lowest BCUT2D eigenvalue weighted by Gasteiger charge is -2.56. The molecule has 260 valence electrons. The van der Waals surface area contributed by atoms with E-state index in [1.54, 1.807) is 12.5 Å². The molecule has 6 aliphatic heterocycles. The second-order valence-corrected chi connectivity index (χ2v) is 14.8. The van der Waals surface area contributed by atoms with Gasteiger partial charge in [0.1, 0.15) is 11.2 Å². The molecule has 6 saturated heterocycles. The summed E-state index contributed by atoms with van der Waals surface area (Å²) >= 11 is 0. The first-order valence-electron chi connectivity index (χ1n) is 17.1. The van der Waals surface area contributed by atoms with E-state index in [2.05, 4.69) is 43.6 Å². The van der Waals surface area contributed by atoms with Crippen molar-refractivity contribution in [2.45, 2.75) is 90.8 Å². The van der Waals surface area contributed by atoms with Gasteiger partial charge in [0.05, 0.1) is 12.5 Å². The Balaban J connectivity index is 0.000000173. The van der Waals surface area contributed by atoms with E-state index in [-0.39, 0.29) is 35.4 Å². The molecule has 2 aromatic heterocycles. The molecule has 0 spiro atoms. The van der Waals surface area contributed by atoms with Gasteiger partial charge in [-0.3, -0.25) is 14.6 Å². The van der Waals surface area contributed by atoms with Crippen molar-refractivity contribution in [3.63, 3.8) is 0 Å². The Hall–Kier alpha value is -3.26. The molecule has 8 nitrogen and oxygen atoms in total. The van der Waals surface area contributed by atoms with Crippen molar-refractivity contribution in [1.82, 2.24) is 9.80 Å². The van der Waals surface area contributed by atoms with Crippen LogP contribution in [0.5, 0.6) is 0 Å². The highest BCUT2D eigenvalue weighted by molar-refractivity contribution is 6.00. The number of halogens is 1. The number of Topliss-reactive ketones (excluding diaryl/α,β-unsaturated/α-hetero) is 1. The van der Waals surface area contributed by atoms with Gasteiger partial charge in [-0.25, -0.2) is 0 Å². The number of hydrogen-bond donors (Lipinski definition) is 1. The standard InChI is InChI=1S/C20H25NO2.C9H18N2.C9H8O.CO2.ClH/c1-13-12-23-19-5-4-15(10-16(13)19)18(22)11-17-14-6-8-21(9-7-14)20(17,2)3;1-9(2)8(10)7-3-5-11(9)6-4-7;1-7-6-10-9-5-3-2-4-8(7)9;2-1-3;/h4-5,10,12,14,17H,6-9,11H2,1-3H3;7-8H,3-6,10H2,1-2H3;2-6H,1H3;;1H/t17-;8-;;;/m11.../s1. The number of ketones is 1. The van der Waals surface area contributed by atoms with Crippen molar-refractivity contribution in [3.8, 4) is 0 Å². The lowest BCUT2D eigenvalue weighted by molar-refractivity contribution is -0.191. The minimum absolute atomic E-state index is 0. The van der Waals surface area contributed by atoms with Gasteiger partial charge in [0.15, 0.2) is 5.78 Å². The van der Waals surface area contributed by atoms with Gasteiger partial charge in [-0.15, -0.1) is 12.4 Å². The Morgan fingerprint density at radius 1 is 0.792 bits per heavy atom. The van der Waals surface area contributed by atoms with Crippen LogP contribution in [0.4, 0.5) is 0 Å². The van der Waals surface area contributed by atoms with E-state index in [9.17, 15) is 4.79 Å². The minimum atomic E-state index is 0. The number of fused-ring (bicyclic) bond motifs is 8. The minimum Gasteiger partial charge on any atom is -0.464 e. The molecule has 4 aromatic rings. The summed E-state index contributed by atoms with van der Waals surface area (Å²) in [5, 5.41) is 2.27. The molecule has 6 fully saturated rings. The number of nitrogens with two attached hydrogens (primary N) is 1. The van der Waals surface area contributed by atoms with Crippen LogP contribution in [0.25, 0.3) is 21.9 Å². The maximum Gasteiger partial charge on any atom is 0.373 e. The van der Waals surface area contributed by atoms with Crippen molar-refractivity contribution in [3.05, 3.63) is 71.7 Å². The molecule has 0 unspecified atom stereocenters. The van der Waals surface area contributed by atoms with Gasteiger partial charge in [-0.05, 0) is 147 Å². The number of piperidine rings is 6. The molecule has 48 heavy (non-hydrogen) atoms. The van der Waals surface area contributed by atoms with E-state index < -0.39 is 0 Å². The van der Waals surface area contributed by atoms with Crippen LogP contribution in [0.2, 0.25) is 0 Å². The van der Waals surface area contributed by atoms with Crippen molar-refractivity contribution in [1.29, 1.82) is 0 Å². The molecule has 4 bridgehead atoms. The molecule has 2 N–H and O–H groups in total. The highest BCUT2D eigenvalue weighted by Gasteiger charge is 2.48. The van der Waals surface area contributed by atoms with E-state index in [0.717, 1.165) is 33.6 Å². The van der Waals surface area contributed by atoms with Gasteiger partial charge < -0.3 is 14.6 Å². The first-order valence-corrected chi connectivity index (χ1v) is 17.1. The third-order valence-corrected chi connectivity index (χ3v) is 11.7. The molecular formula is C39H52ClN3O5. The van der Waals surface area contributed by atoms with Crippen LogP contribution in [0, 0.1) is 31.6 Å². The molecule has 0 radical (unpaired) electrons. The normalized spacial score (nSPS) is 27.2. The summed E-state index contributed by atoms with van der Waals surface area (Å²) in [6, 6.07) is 14.3. The molecule has 9 heteroatoms. The summed E-state index contributed by atoms with van der Waals surface area (Å²) in [5.74, 6) is 2.26. The van der Waals surface area contributed by atoms with Crippen LogP contribution >= 0.6 is 12.4 Å². The van der Waals surface area contributed by atoms with Crippen LogP contribution < -0.4 is 5.73 Å². The molecule has 0 amide bonds. The number of nitrogens with zero attached hydrogens (tertiary/aromatic N) is 2. The van der Waals surface area contributed by atoms with E-state index >= 15 is 0 Å². The van der Waals surface area contributed by atoms with E-state index in [4.69, 9.17) is 24.2 Å². The van der Waals surface area contributed by atoms with Gasteiger partial charge in [-0.2, -0.15) is 9.59 Å². The van der Waals surface area contributed by atoms with Crippen LogP contribution in [0.1, 0.15) is 81.3 Å². The summed E-state index contributed by atoms with van der Waals surface area (Å²) in [7, 11) is 0. The van der Waals surface area contributed by atoms with E-state index in [1.165, 1.54) is 62.8 Å². The lowest BCUT2D eigenvalue weighted by atomic mass is 9.65. The summed E-state index contributed by atoms with van der Waals surface area (Å²) in [4.78, 5) is 34.3. The summed E-state index contributed by atoms with van der Waals surface area (Å²) in [6.07, 6.45) is 9.61. The van der Waals surface area contributed by atoms with Crippen LogP contribution in [0.3, 0.4) is 0 Å². The number of para-hydroxylation sites is 1. The maximum atomic E-state index is 12.9. The zero-order valence-corrected chi connectivity index (χ0v) is 30.1. The Morgan fingerprint density at radius 2 is 1.29 bits per heavy atom. The Labute approximate surface area is 290 Å². The molecular weight excluding hydrogens is 626 g/mol. The predicted molar refractivity (Wildman–Crippen MR) is 191 cm³/mol. The maximum absolute atomic E-state index is 12.9. The zero-order valence-electron chi connectivity index (χ0n) is 29.3. The highest BCUT2D eigenvalue weighted by Crippen LogP contribution is 2.46. The molecule has 2 atom stereocenters. The first kappa shape index (κ1) is 37.6. The Kier molecular flexibility index (Phi) is 12.1. The molecule has 10 rings (SSSR count). The van der Waals surface area contributed by atoms with Crippen LogP contribution in [-0.2, 0) is 9.59 Å². The topological polar surface area (TPSA) is 110 Å². The van der Waals surface area contributed by atoms with Crippen LogP contribution in [-0.4, -0.2) is 65.0 Å². The van der Waals surface area contributed by atoms with Gasteiger partial charge >= 0.3 is 6.15 Å². The smallest absolute Gasteiger partial charge is 0.373 e. The number of furan rings is 2. The fourth-order valence-corrected chi connectivity index (χ4v) is 8.49. The second kappa shape index (κ2) is 15.5. The fraction of sp³-hybridized carbons (Fsp3) is 0.538. The van der Waals surface area contributed by atoms with E-state index in [1.807, 2.05) is 50.2 Å². The third kappa shape index (κ3) is 7.64. The number of carbonyl (C=O) groups is 1. The molecule has 8 heterocycles. The quantitative estimate of drug-likeness (QED) is 0.219. The van der Waals surface area contributed by atoms with Crippen molar-refractivity contribution in [2.24, 2.45) is 23.5 Å². The Bertz CT molecular complexity index is 1700. The zero-order chi connectivity index (χ0) is 33.9. The third-order valence-electron chi connectivity index (χ3n) is 11.7. The SMILES string of the molecule is CC1(C)[C@H](N)C2CCN1CC2.Cc1coc2ccc(C(=O)C[C@@H]3C4CCN(CC4)C3(C)C)cc12.Cc1coc2ccccc12.Cl.O=C=O. The molecule has 2 aromatic carbocycles. The second-order valence-electron chi connectivity index (χ2n) is 14.8.